The number of carbonyl (C=O) groups excluding carboxylic acids is 1. The molecule has 4 fully saturated rings. The van der Waals surface area contributed by atoms with E-state index in [1.54, 1.807) is 0 Å². The number of esters is 1. The van der Waals surface area contributed by atoms with Crippen molar-refractivity contribution in [2.75, 3.05) is 0 Å². The Hall–Kier alpha value is -1.32. The molecule has 0 saturated heterocycles. The highest BCUT2D eigenvalue weighted by molar-refractivity contribution is 5.76. The van der Waals surface area contributed by atoms with Crippen LogP contribution in [0.2, 0.25) is 0 Å². The summed E-state index contributed by atoms with van der Waals surface area (Å²) in [7, 11) is 0. The molecule has 0 aromatic carbocycles. The Morgan fingerprint density at radius 2 is 1.61 bits per heavy atom. The molecule has 8 atom stereocenters. The van der Waals surface area contributed by atoms with Gasteiger partial charge in [-0.05, 0) is 110 Å². The number of allylic oxidation sites excluding steroid dienone is 2. The molecule has 5 rings (SSSR count). The molecule has 0 spiro atoms. The lowest BCUT2D eigenvalue weighted by Gasteiger charge is -2.71. The molecule has 4 saturated carbocycles. The first-order chi connectivity index (χ1) is 17.6. The fraction of sp³-hybridized carbons (Fsp3) is 0.882. The van der Waals surface area contributed by atoms with Crippen LogP contribution in [0.5, 0.6) is 0 Å². The minimum absolute atomic E-state index is 0.00425. The lowest BCUT2D eigenvalue weighted by molar-refractivity contribution is -0.213. The molecule has 0 aromatic heterocycles. The summed E-state index contributed by atoms with van der Waals surface area (Å²) in [5.74, 6) is 0.669. The first-order valence-corrected chi connectivity index (χ1v) is 15.7. The highest BCUT2D eigenvalue weighted by Crippen LogP contribution is 2.75. The van der Waals surface area contributed by atoms with Crippen LogP contribution in [0.1, 0.15) is 132 Å². The van der Waals surface area contributed by atoms with Gasteiger partial charge in [0, 0.05) is 11.8 Å². The van der Waals surface area contributed by atoms with Gasteiger partial charge >= 0.3 is 11.9 Å². The quantitative estimate of drug-likeness (QED) is 0.294. The summed E-state index contributed by atoms with van der Waals surface area (Å²) in [6.07, 6.45) is 14.0. The first-order valence-electron chi connectivity index (χ1n) is 15.7. The summed E-state index contributed by atoms with van der Waals surface area (Å²) >= 11 is 0. The van der Waals surface area contributed by atoms with Crippen molar-refractivity contribution in [1.29, 1.82) is 0 Å². The molecular weight excluding hydrogens is 472 g/mol. The number of aliphatic carboxylic acids is 1. The Kier molecular flexibility index (Phi) is 6.56. The number of hydrogen-bond donors (Lipinski definition) is 1. The van der Waals surface area contributed by atoms with Gasteiger partial charge in [-0.3, -0.25) is 9.59 Å². The molecular formula is C34H54O4. The monoisotopic (exact) mass is 526 g/mol. The molecule has 0 heterocycles. The van der Waals surface area contributed by atoms with Gasteiger partial charge in [0.25, 0.3) is 0 Å². The third-order valence-corrected chi connectivity index (χ3v) is 13.7. The van der Waals surface area contributed by atoms with E-state index < -0.39 is 11.4 Å². The number of carboxylic acids is 1. The van der Waals surface area contributed by atoms with E-state index in [9.17, 15) is 14.7 Å². The Balaban J connectivity index is 1.51. The van der Waals surface area contributed by atoms with Gasteiger partial charge in [0.1, 0.15) is 6.10 Å². The van der Waals surface area contributed by atoms with Crippen molar-refractivity contribution in [3.05, 3.63) is 11.6 Å². The Morgan fingerprint density at radius 1 is 0.921 bits per heavy atom. The highest BCUT2D eigenvalue weighted by Gasteiger charge is 2.69. The topological polar surface area (TPSA) is 63.6 Å². The van der Waals surface area contributed by atoms with Crippen molar-refractivity contribution < 1.29 is 19.4 Å². The normalized spacial score (nSPS) is 46.9. The third-order valence-electron chi connectivity index (χ3n) is 13.7. The highest BCUT2D eigenvalue weighted by atomic mass is 16.5. The molecule has 0 unspecified atom stereocenters. The average molecular weight is 527 g/mol. The molecule has 0 amide bonds. The molecule has 38 heavy (non-hydrogen) atoms. The van der Waals surface area contributed by atoms with E-state index in [4.69, 9.17) is 4.74 Å². The lowest BCUT2D eigenvalue weighted by Crippen LogP contribution is -2.65. The molecule has 0 bridgehead atoms. The van der Waals surface area contributed by atoms with E-state index in [2.05, 4.69) is 54.5 Å². The third kappa shape index (κ3) is 3.73. The smallest absolute Gasteiger partial charge is 0.310 e. The van der Waals surface area contributed by atoms with Gasteiger partial charge in [0.15, 0.2) is 0 Å². The number of ether oxygens (including phenoxy) is 1. The Bertz CT molecular complexity index is 1020. The van der Waals surface area contributed by atoms with Crippen molar-refractivity contribution in [2.24, 2.45) is 50.2 Å². The first kappa shape index (κ1) is 28.2. The lowest BCUT2D eigenvalue weighted by atomic mass is 9.33. The van der Waals surface area contributed by atoms with Crippen molar-refractivity contribution >= 4 is 11.9 Å². The van der Waals surface area contributed by atoms with Crippen LogP contribution in [0.25, 0.3) is 0 Å². The molecule has 4 heteroatoms. The Labute approximate surface area is 231 Å². The van der Waals surface area contributed by atoms with E-state index in [1.807, 2.05) is 6.92 Å². The van der Waals surface area contributed by atoms with E-state index in [0.717, 1.165) is 57.8 Å². The van der Waals surface area contributed by atoms with Gasteiger partial charge in [-0.15, -0.1) is 0 Å². The van der Waals surface area contributed by atoms with Crippen LogP contribution >= 0.6 is 0 Å². The van der Waals surface area contributed by atoms with Crippen LogP contribution in [0.4, 0.5) is 0 Å². The molecule has 1 N–H and O–H groups in total. The molecule has 0 aliphatic heterocycles. The number of hydrogen-bond acceptors (Lipinski definition) is 3. The number of rotatable bonds is 4. The zero-order valence-electron chi connectivity index (χ0n) is 25.5. The zero-order chi connectivity index (χ0) is 27.9. The molecule has 5 aliphatic rings. The van der Waals surface area contributed by atoms with Crippen LogP contribution < -0.4 is 0 Å². The predicted molar refractivity (Wildman–Crippen MR) is 151 cm³/mol. The van der Waals surface area contributed by atoms with Gasteiger partial charge < -0.3 is 9.84 Å². The average Bonchev–Trinajstić information content (AvgIpc) is 2.81. The second kappa shape index (κ2) is 8.84. The van der Waals surface area contributed by atoms with E-state index in [1.165, 1.54) is 18.4 Å². The number of carbonyl (C=O) groups is 2. The standard InChI is InChI=1S/C34H54O4/c1-9-10-27(35)38-26-14-15-31(6)24(30(26,4)5)13-16-33(8)25(31)12-11-22-23-21-29(2,3)17-19-34(23,28(36)37)20-18-32(22,33)7/h11,23-26H,9-10,12-21H2,1-8H3,(H,36,37)/t23-,24-,25+,26-,31-,32+,33+,34-/m0/s1. The fourth-order valence-corrected chi connectivity index (χ4v) is 11.2. The SMILES string of the molecule is CCCC(=O)O[C@H]1CC[C@]2(C)[C@H]3CC=C4[C@@H]5CC(C)(C)CC[C@]5(C(=O)O)CC[C@@]4(C)[C@]3(C)CC[C@H]2C1(C)C. The maximum Gasteiger partial charge on any atom is 0.310 e. The molecule has 214 valence electrons. The minimum atomic E-state index is -0.576. The molecule has 0 radical (unpaired) electrons. The van der Waals surface area contributed by atoms with Crippen LogP contribution in [0, 0.1) is 50.2 Å². The van der Waals surface area contributed by atoms with Crippen molar-refractivity contribution in [2.45, 2.75) is 139 Å². The van der Waals surface area contributed by atoms with Crippen molar-refractivity contribution in [3.8, 4) is 0 Å². The van der Waals surface area contributed by atoms with E-state index >= 15 is 0 Å². The summed E-state index contributed by atoms with van der Waals surface area (Å²) < 4.78 is 6.11. The summed E-state index contributed by atoms with van der Waals surface area (Å²) in [5.41, 5.74) is 1.49. The predicted octanol–water partition coefficient (Wildman–Crippen LogP) is 8.58. The van der Waals surface area contributed by atoms with Crippen LogP contribution in [0.3, 0.4) is 0 Å². The zero-order valence-corrected chi connectivity index (χ0v) is 25.5. The Morgan fingerprint density at radius 3 is 2.26 bits per heavy atom. The summed E-state index contributed by atoms with van der Waals surface area (Å²) in [6, 6.07) is 0. The van der Waals surface area contributed by atoms with Crippen molar-refractivity contribution in [1.82, 2.24) is 0 Å². The van der Waals surface area contributed by atoms with E-state index in [0.29, 0.717) is 18.3 Å². The fourth-order valence-electron chi connectivity index (χ4n) is 11.2. The summed E-state index contributed by atoms with van der Waals surface area (Å²) in [4.78, 5) is 25.3. The number of carboxylic acid groups (broad SMARTS) is 1. The second-order valence-corrected chi connectivity index (χ2v) is 16.3. The van der Waals surface area contributed by atoms with Gasteiger partial charge in [-0.1, -0.05) is 67.0 Å². The van der Waals surface area contributed by atoms with Crippen LogP contribution in [0.15, 0.2) is 11.6 Å². The van der Waals surface area contributed by atoms with E-state index in [-0.39, 0.29) is 45.1 Å². The molecule has 5 aliphatic carbocycles. The number of fused-ring (bicyclic) bond motifs is 7. The van der Waals surface area contributed by atoms with Gasteiger partial charge in [0.05, 0.1) is 5.41 Å². The van der Waals surface area contributed by atoms with Gasteiger partial charge in [0.2, 0.25) is 0 Å². The molecule has 4 nitrogen and oxygen atoms in total. The summed E-state index contributed by atoms with van der Waals surface area (Å²) in [6.45, 7) is 19.1. The maximum atomic E-state index is 12.9. The van der Waals surface area contributed by atoms with Crippen LogP contribution in [-0.2, 0) is 14.3 Å². The van der Waals surface area contributed by atoms with Crippen molar-refractivity contribution in [3.63, 3.8) is 0 Å². The molecule has 0 aromatic rings. The summed E-state index contributed by atoms with van der Waals surface area (Å²) in [5, 5.41) is 10.6. The second-order valence-electron chi connectivity index (χ2n) is 16.3. The largest absolute Gasteiger partial charge is 0.481 e. The minimum Gasteiger partial charge on any atom is -0.481 e. The maximum absolute atomic E-state index is 12.9. The van der Waals surface area contributed by atoms with Crippen LogP contribution in [-0.4, -0.2) is 23.1 Å². The van der Waals surface area contributed by atoms with Gasteiger partial charge in [-0.2, -0.15) is 0 Å². The van der Waals surface area contributed by atoms with Gasteiger partial charge in [-0.25, -0.2) is 0 Å².